The number of carbonyl (C=O) groups is 1. The minimum absolute atomic E-state index is 0.255. The second-order valence-corrected chi connectivity index (χ2v) is 3.84. The van der Waals surface area contributed by atoms with Gasteiger partial charge in [-0.1, -0.05) is 0 Å². The Morgan fingerprint density at radius 1 is 1.19 bits per heavy atom. The maximum atomic E-state index is 10.9. The highest BCUT2D eigenvalue weighted by Gasteiger charge is 2.58. The molecule has 5 atom stereocenters. The van der Waals surface area contributed by atoms with Crippen molar-refractivity contribution in [2.24, 2.45) is 0 Å². The van der Waals surface area contributed by atoms with E-state index in [0.717, 1.165) is 0 Å². The van der Waals surface area contributed by atoms with Gasteiger partial charge in [-0.05, 0) is 27.6 Å². The molecule has 0 spiro atoms. The number of aliphatic hydroxyl groups is 5. The van der Waals surface area contributed by atoms with E-state index in [1.807, 2.05) is 0 Å². The predicted octanol–water partition coefficient (Wildman–Crippen LogP) is -1.82. The molecule has 0 fully saturated rings. The first kappa shape index (κ1) is 9.49. The maximum Gasteiger partial charge on any atom is 0.154 e. The van der Waals surface area contributed by atoms with Crippen molar-refractivity contribution >= 4 is 6.29 Å². The summed E-state index contributed by atoms with van der Waals surface area (Å²) in [7, 11) is 0. The molecule has 0 amide bonds. The predicted molar refractivity (Wildman–Crippen MR) is 55.6 cm³/mol. The van der Waals surface area contributed by atoms with Gasteiger partial charge in [-0.2, -0.15) is 0 Å². The second-order valence-electron chi connectivity index (χ2n) is 3.84. The Morgan fingerprint density at radius 3 is 2.12 bits per heavy atom. The fourth-order valence-electron chi connectivity index (χ4n) is 1.04. The van der Waals surface area contributed by atoms with Crippen molar-refractivity contribution in [3.63, 3.8) is 0 Å². The van der Waals surface area contributed by atoms with Crippen molar-refractivity contribution in [2.45, 2.75) is 56.6 Å². The zero-order valence-electron chi connectivity index (χ0n) is 12.7. The molecule has 0 aromatic rings. The molecule has 6 nitrogen and oxygen atoms in total. The first-order valence-corrected chi connectivity index (χ1v) is 4.30. The third kappa shape index (κ3) is 2.26. The minimum Gasteiger partial charge on any atom is -0.391 e. The summed E-state index contributed by atoms with van der Waals surface area (Å²) in [6.45, 7) is -4.29. The summed E-state index contributed by atoms with van der Waals surface area (Å²) >= 11 is 0. The monoisotopic (exact) mass is 240 g/mol. The molecule has 6 heteroatoms. The lowest BCUT2D eigenvalue weighted by molar-refractivity contribution is -0.255. The molecular formula is C10H20O6. The number of hydrogen-bond donors (Lipinski definition) is 5. The summed E-state index contributed by atoms with van der Waals surface area (Å²) in [4.78, 5) is 10.9. The van der Waals surface area contributed by atoms with Crippen LogP contribution in [0.1, 0.15) is 33.1 Å². The molecule has 0 aliphatic rings. The highest BCUT2D eigenvalue weighted by atomic mass is 16.4. The Bertz CT molecular complexity index is 335. The summed E-state index contributed by atoms with van der Waals surface area (Å²) in [5, 5.41) is 49.6. The summed E-state index contributed by atoms with van der Waals surface area (Å²) in [5.74, 6) is 0. The van der Waals surface area contributed by atoms with Crippen LogP contribution >= 0.6 is 0 Å². The minimum atomic E-state index is -3.05. The van der Waals surface area contributed by atoms with Crippen LogP contribution in [0.3, 0.4) is 0 Å². The number of aldehydes is 1. The van der Waals surface area contributed by atoms with Crippen molar-refractivity contribution in [2.75, 3.05) is 0 Å². The van der Waals surface area contributed by atoms with Crippen LogP contribution in [0.2, 0.25) is 0 Å². The third-order valence-electron chi connectivity index (χ3n) is 2.48. The quantitative estimate of drug-likeness (QED) is 0.361. The van der Waals surface area contributed by atoms with E-state index in [4.69, 9.17) is 5.48 Å². The van der Waals surface area contributed by atoms with Crippen molar-refractivity contribution < 1.29 is 35.8 Å². The van der Waals surface area contributed by atoms with Crippen molar-refractivity contribution in [3.05, 3.63) is 0 Å². The van der Waals surface area contributed by atoms with Gasteiger partial charge < -0.3 is 30.3 Å². The average molecular weight is 240 g/mol. The zero-order valence-corrected chi connectivity index (χ0v) is 8.70. The Balaban J connectivity index is 5.94. The summed E-state index contributed by atoms with van der Waals surface area (Å²) < 4.78 is 28.5. The summed E-state index contributed by atoms with van der Waals surface area (Å²) in [6.07, 6.45) is -4.38. The topological polar surface area (TPSA) is 118 Å². The highest BCUT2D eigenvalue weighted by Crippen LogP contribution is 2.35. The first-order valence-electron chi connectivity index (χ1n) is 7.13. The van der Waals surface area contributed by atoms with Crippen LogP contribution in [-0.2, 0) is 4.79 Å². The smallest absolute Gasteiger partial charge is 0.154 e. The zero-order chi connectivity index (χ0) is 16.2. The molecule has 0 aliphatic carbocycles. The lowest BCUT2D eigenvalue weighted by Gasteiger charge is -2.47. The van der Waals surface area contributed by atoms with E-state index in [1.54, 1.807) is 0 Å². The molecule has 1 unspecified atom stereocenters. The van der Waals surface area contributed by atoms with Gasteiger partial charge in [-0.25, -0.2) is 0 Å². The van der Waals surface area contributed by atoms with Crippen LogP contribution in [-0.4, -0.2) is 60.8 Å². The fourth-order valence-corrected chi connectivity index (χ4v) is 1.04. The van der Waals surface area contributed by atoms with Crippen LogP contribution in [0.5, 0.6) is 0 Å². The molecule has 0 heterocycles. The number of rotatable bonds is 5. The largest absolute Gasteiger partial charge is 0.391 e. The molecule has 16 heavy (non-hydrogen) atoms. The van der Waals surface area contributed by atoms with Crippen LogP contribution in [0.15, 0.2) is 0 Å². The Labute approximate surface area is 99.8 Å². The Morgan fingerprint density at radius 2 is 1.81 bits per heavy atom. The van der Waals surface area contributed by atoms with Crippen molar-refractivity contribution in [1.29, 1.82) is 0 Å². The molecule has 0 rings (SSSR count). The Kier molecular flexibility index (Phi) is 2.60. The fraction of sp³-hybridized carbons (Fsp3) is 0.900. The van der Waals surface area contributed by atoms with Gasteiger partial charge >= 0.3 is 0 Å². The standard InChI is InChI=1S/C10H20O6/c1-6(12)7(13)9(3,15)10(4,16)8(2,14)5-11/h5-7,12-16H,1-4H3/t6?,7-,8+,9-,10-/m1/s1/i1D,2D,3D,4D. The lowest BCUT2D eigenvalue weighted by atomic mass is 9.70. The third-order valence-corrected chi connectivity index (χ3v) is 2.48. The molecule has 0 saturated heterocycles. The molecule has 5 N–H and O–H groups in total. The summed E-state index contributed by atoms with van der Waals surface area (Å²) in [5.41, 5.74) is -8.93. The van der Waals surface area contributed by atoms with Crippen LogP contribution < -0.4 is 0 Å². The van der Waals surface area contributed by atoms with Crippen molar-refractivity contribution in [1.82, 2.24) is 0 Å². The maximum absolute atomic E-state index is 10.9. The highest BCUT2D eigenvalue weighted by molar-refractivity contribution is 5.64. The van der Waals surface area contributed by atoms with Gasteiger partial charge in [-0.15, -0.1) is 0 Å². The van der Waals surface area contributed by atoms with E-state index in [1.165, 1.54) is 0 Å². The first-order chi connectivity index (χ1) is 9.13. The van der Waals surface area contributed by atoms with Gasteiger partial charge in [0.2, 0.25) is 0 Å². The molecule has 0 aromatic heterocycles. The summed E-state index contributed by atoms with van der Waals surface area (Å²) in [6, 6.07) is 0. The molecule has 0 bridgehead atoms. The number of carbonyl (C=O) groups excluding carboxylic acids is 1. The van der Waals surface area contributed by atoms with E-state index in [2.05, 4.69) is 0 Å². The second kappa shape index (κ2) is 4.38. The van der Waals surface area contributed by atoms with Crippen LogP contribution in [0.25, 0.3) is 0 Å². The van der Waals surface area contributed by atoms with E-state index in [9.17, 15) is 30.3 Å². The van der Waals surface area contributed by atoms with Gasteiger partial charge in [0.05, 0.1) is 6.10 Å². The van der Waals surface area contributed by atoms with Gasteiger partial charge in [0.1, 0.15) is 22.9 Å². The SMILES string of the molecule is [2H]CC(O)[C@@H](O)[C@](O)(C[2H])[C@@](O)(C[2H])[C@@](O)(C=O)C[2H]. The van der Waals surface area contributed by atoms with Crippen LogP contribution in [0.4, 0.5) is 0 Å². The van der Waals surface area contributed by atoms with Gasteiger partial charge in [-0.3, -0.25) is 0 Å². The van der Waals surface area contributed by atoms with Gasteiger partial charge in [0, 0.05) is 5.48 Å². The molecule has 0 aromatic carbocycles. The molecule has 0 aliphatic heterocycles. The Hall–Kier alpha value is -0.530. The van der Waals surface area contributed by atoms with Gasteiger partial charge in [0.25, 0.3) is 0 Å². The molecular weight excluding hydrogens is 216 g/mol. The normalized spacial score (nSPS) is 30.3. The molecule has 96 valence electrons. The van der Waals surface area contributed by atoms with E-state index >= 15 is 0 Å². The molecule has 0 radical (unpaired) electrons. The van der Waals surface area contributed by atoms with E-state index in [-0.39, 0.29) is 6.29 Å². The number of hydrogen-bond acceptors (Lipinski definition) is 6. The van der Waals surface area contributed by atoms with E-state index in [0.29, 0.717) is 0 Å². The van der Waals surface area contributed by atoms with E-state index < -0.39 is 56.6 Å². The average Bonchev–Trinajstić information content (AvgIpc) is 2.50. The molecule has 0 saturated carbocycles. The van der Waals surface area contributed by atoms with Crippen molar-refractivity contribution in [3.8, 4) is 0 Å². The lowest BCUT2D eigenvalue weighted by Crippen LogP contribution is -2.70. The van der Waals surface area contributed by atoms with Gasteiger partial charge in [0.15, 0.2) is 6.29 Å². The van der Waals surface area contributed by atoms with Crippen LogP contribution in [0, 0.1) is 0 Å². The number of aliphatic hydroxyl groups excluding tert-OH is 2.